The van der Waals surface area contributed by atoms with E-state index in [4.69, 9.17) is 10.2 Å². The third kappa shape index (κ3) is 3.66. The summed E-state index contributed by atoms with van der Waals surface area (Å²) in [6, 6.07) is 14.5. The molecular formula is C25H26N6O2. The Balaban J connectivity index is 1.21. The van der Waals surface area contributed by atoms with Crippen molar-refractivity contribution in [1.82, 2.24) is 19.8 Å². The number of pyridine rings is 1. The number of carbonyl (C=O) groups is 1. The van der Waals surface area contributed by atoms with Crippen LogP contribution in [0.15, 0.2) is 53.1 Å². The van der Waals surface area contributed by atoms with Gasteiger partial charge in [0.25, 0.3) is 6.01 Å². The summed E-state index contributed by atoms with van der Waals surface area (Å²) in [7, 11) is 2.06. The molecule has 0 bridgehead atoms. The molecule has 2 aliphatic heterocycles. The van der Waals surface area contributed by atoms with Gasteiger partial charge in [-0.3, -0.25) is 9.78 Å². The number of hydrogen-bond acceptors (Lipinski definition) is 7. The molecule has 0 unspecified atom stereocenters. The summed E-state index contributed by atoms with van der Waals surface area (Å²) in [4.78, 5) is 28.1. The lowest BCUT2D eigenvalue weighted by Crippen LogP contribution is -2.56. The van der Waals surface area contributed by atoms with Gasteiger partial charge in [0.1, 0.15) is 5.52 Å². The van der Waals surface area contributed by atoms with Crippen molar-refractivity contribution in [2.24, 2.45) is 5.92 Å². The van der Waals surface area contributed by atoms with Crippen LogP contribution in [0.4, 0.5) is 11.7 Å². The summed E-state index contributed by atoms with van der Waals surface area (Å²) >= 11 is 0. The van der Waals surface area contributed by atoms with Crippen LogP contribution in [-0.4, -0.2) is 72.0 Å². The molecule has 8 heteroatoms. The molecule has 0 saturated carbocycles. The average molecular weight is 443 g/mol. The van der Waals surface area contributed by atoms with Crippen LogP contribution in [0.2, 0.25) is 0 Å². The number of carbonyl (C=O) groups excluding carboxylic acids is 1. The maximum Gasteiger partial charge on any atom is 0.292 e. The Bertz CT molecular complexity index is 1350. The minimum Gasteiger partial charge on any atom is -0.424 e. The first kappa shape index (κ1) is 20.0. The van der Waals surface area contributed by atoms with Crippen LogP contribution in [0.25, 0.3) is 33.1 Å². The summed E-state index contributed by atoms with van der Waals surface area (Å²) in [6.45, 7) is 4.94. The average Bonchev–Trinajstić information content (AvgIpc) is 3.20. The molecule has 33 heavy (non-hydrogen) atoms. The number of nitrogens with zero attached hydrogens (tertiary/aromatic N) is 5. The van der Waals surface area contributed by atoms with Crippen LogP contribution in [-0.2, 0) is 4.79 Å². The molecule has 2 aliphatic rings. The van der Waals surface area contributed by atoms with Crippen LogP contribution in [0.5, 0.6) is 0 Å². The minimum atomic E-state index is 0.176. The van der Waals surface area contributed by atoms with Crippen LogP contribution in [0, 0.1) is 5.92 Å². The zero-order chi connectivity index (χ0) is 22.5. The number of aromatic nitrogens is 2. The second kappa shape index (κ2) is 7.74. The van der Waals surface area contributed by atoms with E-state index in [0.717, 1.165) is 72.5 Å². The fourth-order valence-corrected chi connectivity index (χ4v) is 4.90. The van der Waals surface area contributed by atoms with Crippen molar-refractivity contribution in [3.05, 3.63) is 48.7 Å². The summed E-state index contributed by atoms with van der Waals surface area (Å²) in [5, 5.41) is 1.08. The summed E-state index contributed by atoms with van der Waals surface area (Å²) in [6.07, 6.45) is 1.94. The van der Waals surface area contributed by atoms with E-state index in [1.54, 1.807) is 0 Å². The maximum atomic E-state index is 12.7. The van der Waals surface area contributed by atoms with E-state index in [9.17, 15) is 4.79 Å². The molecule has 2 N–H and O–H groups in total. The number of oxazole rings is 1. The van der Waals surface area contributed by atoms with Gasteiger partial charge in [-0.25, -0.2) is 0 Å². The molecule has 0 spiro atoms. The molecule has 2 aromatic carbocycles. The van der Waals surface area contributed by atoms with Gasteiger partial charge in [0, 0.05) is 44.7 Å². The summed E-state index contributed by atoms with van der Waals surface area (Å²) in [5.74, 6) is 0.482. The Morgan fingerprint density at radius 1 is 1.00 bits per heavy atom. The molecule has 4 heterocycles. The summed E-state index contributed by atoms with van der Waals surface area (Å²) in [5.41, 5.74) is 11.3. The number of benzene rings is 2. The second-order valence-electron chi connectivity index (χ2n) is 9.07. The largest absolute Gasteiger partial charge is 0.424 e. The highest BCUT2D eigenvalue weighted by Gasteiger charge is 2.34. The maximum absolute atomic E-state index is 12.7. The SMILES string of the molecule is CN1CC(C(=O)N2CCN(c3cnc4ccc(-c5ccc6oc(N)nc6c5)cc4c3)CC2)C1. The topological polar surface area (TPSA) is 91.7 Å². The van der Waals surface area contributed by atoms with Crippen molar-refractivity contribution >= 4 is 39.6 Å². The predicted octanol–water partition coefficient (Wildman–Crippen LogP) is 2.84. The molecule has 8 nitrogen and oxygen atoms in total. The molecule has 0 radical (unpaired) electrons. The van der Waals surface area contributed by atoms with Gasteiger partial charge in [-0.2, -0.15) is 4.98 Å². The number of piperazine rings is 1. The normalized spacial score (nSPS) is 17.6. The van der Waals surface area contributed by atoms with E-state index < -0.39 is 0 Å². The number of likely N-dealkylation sites (tertiary alicyclic amines) is 1. The highest BCUT2D eigenvalue weighted by molar-refractivity contribution is 5.89. The summed E-state index contributed by atoms with van der Waals surface area (Å²) < 4.78 is 5.39. The molecule has 2 fully saturated rings. The van der Waals surface area contributed by atoms with E-state index in [1.165, 1.54) is 0 Å². The van der Waals surface area contributed by atoms with Gasteiger partial charge in [0.15, 0.2) is 5.58 Å². The molecule has 1 amide bonds. The minimum absolute atomic E-state index is 0.176. The Kier molecular flexibility index (Phi) is 4.69. The first-order valence-corrected chi connectivity index (χ1v) is 11.3. The van der Waals surface area contributed by atoms with Gasteiger partial charge < -0.3 is 24.9 Å². The molecule has 0 atom stereocenters. The van der Waals surface area contributed by atoms with Gasteiger partial charge in [-0.15, -0.1) is 0 Å². The van der Waals surface area contributed by atoms with Crippen LogP contribution in [0.1, 0.15) is 0 Å². The number of anilines is 2. The third-order valence-electron chi connectivity index (χ3n) is 6.77. The first-order valence-electron chi connectivity index (χ1n) is 11.3. The fourth-order valence-electron chi connectivity index (χ4n) is 4.90. The standard InChI is InChI=1S/C25H26N6O2/c1-29-14-19(15-29)24(32)31-8-6-30(7-9-31)20-11-18-10-16(2-4-21(18)27-13-20)17-3-5-23-22(12-17)28-25(26)33-23/h2-5,10-13,19H,6-9,14-15H2,1H3,(H2,26,28). The van der Waals surface area contributed by atoms with Crippen molar-refractivity contribution in [1.29, 1.82) is 0 Å². The Hall–Kier alpha value is -3.65. The van der Waals surface area contributed by atoms with Gasteiger partial charge >= 0.3 is 0 Å². The Morgan fingerprint density at radius 2 is 1.76 bits per heavy atom. The third-order valence-corrected chi connectivity index (χ3v) is 6.77. The monoisotopic (exact) mass is 442 g/mol. The van der Waals surface area contributed by atoms with E-state index in [1.807, 2.05) is 35.4 Å². The van der Waals surface area contributed by atoms with E-state index in [0.29, 0.717) is 11.5 Å². The Morgan fingerprint density at radius 3 is 2.55 bits per heavy atom. The smallest absolute Gasteiger partial charge is 0.292 e. The van der Waals surface area contributed by atoms with Crippen molar-refractivity contribution in [2.75, 3.05) is 56.9 Å². The molecule has 0 aliphatic carbocycles. The molecule has 168 valence electrons. The zero-order valence-corrected chi connectivity index (χ0v) is 18.6. The molecular weight excluding hydrogens is 416 g/mol. The highest BCUT2D eigenvalue weighted by Crippen LogP contribution is 2.29. The quantitative estimate of drug-likeness (QED) is 0.522. The van der Waals surface area contributed by atoms with Gasteiger partial charge in [0.05, 0.1) is 23.3 Å². The highest BCUT2D eigenvalue weighted by atomic mass is 16.4. The number of hydrogen-bond donors (Lipinski definition) is 1. The van der Waals surface area contributed by atoms with Crippen molar-refractivity contribution in [3.63, 3.8) is 0 Å². The lowest BCUT2D eigenvalue weighted by molar-refractivity contribution is -0.140. The van der Waals surface area contributed by atoms with Crippen molar-refractivity contribution < 1.29 is 9.21 Å². The molecule has 2 aromatic heterocycles. The number of rotatable bonds is 3. The van der Waals surface area contributed by atoms with Gasteiger partial charge in [-0.1, -0.05) is 12.1 Å². The van der Waals surface area contributed by atoms with E-state index >= 15 is 0 Å². The zero-order valence-electron chi connectivity index (χ0n) is 18.6. The van der Waals surface area contributed by atoms with Crippen LogP contribution < -0.4 is 10.6 Å². The van der Waals surface area contributed by atoms with Crippen molar-refractivity contribution in [2.45, 2.75) is 0 Å². The molecule has 4 aromatic rings. The van der Waals surface area contributed by atoms with Crippen LogP contribution >= 0.6 is 0 Å². The van der Waals surface area contributed by atoms with E-state index in [-0.39, 0.29) is 11.9 Å². The number of nitrogen functional groups attached to an aromatic ring is 1. The van der Waals surface area contributed by atoms with E-state index in [2.05, 4.69) is 45.0 Å². The van der Waals surface area contributed by atoms with Gasteiger partial charge in [0.2, 0.25) is 5.91 Å². The fraction of sp³-hybridized carbons (Fsp3) is 0.320. The molecule has 6 rings (SSSR count). The predicted molar refractivity (Wildman–Crippen MR) is 129 cm³/mol. The number of amides is 1. The van der Waals surface area contributed by atoms with Crippen LogP contribution in [0.3, 0.4) is 0 Å². The number of nitrogens with two attached hydrogens (primary N) is 1. The van der Waals surface area contributed by atoms with Crippen molar-refractivity contribution in [3.8, 4) is 11.1 Å². The number of fused-ring (bicyclic) bond motifs is 2. The lowest BCUT2D eigenvalue weighted by Gasteiger charge is -2.41. The van der Waals surface area contributed by atoms with Gasteiger partial charge in [-0.05, 0) is 48.5 Å². The second-order valence-corrected chi connectivity index (χ2v) is 9.07. The lowest BCUT2D eigenvalue weighted by atomic mass is 9.99. The Labute approximate surface area is 191 Å². The molecule has 2 saturated heterocycles. The first-order chi connectivity index (χ1) is 16.0.